The van der Waals surface area contributed by atoms with Crippen LogP contribution >= 0.6 is 0 Å². The third-order valence-electron chi connectivity index (χ3n) is 6.93. The summed E-state index contributed by atoms with van der Waals surface area (Å²) in [5, 5.41) is 14.9. The standard InChI is InChI=1S/C36H33FN2O7/c1-21-5-8-23(9-6-21)30-16-18-32(45-30)33(40)39-28(34(41)42)20-22-7-14-26(27(37)19-22)31-17-15-29(44-31)24-10-12-25(13-11-24)38-35(43)46-36(2,3)4/h5-19,28H,20H2,1-4H3,(H,38,43)(H,39,40)(H,41,42). The molecule has 0 fully saturated rings. The summed E-state index contributed by atoms with van der Waals surface area (Å²) in [7, 11) is 0. The van der Waals surface area contributed by atoms with Crippen LogP contribution in [0.15, 0.2) is 99.8 Å². The molecular weight excluding hydrogens is 591 g/mol. The Morgan fingerprint density at radius 3 is 2.07 bits per heavy atom. The molecule has 5 aromatic rings. The van der Waals surface area contributed by atoms with Gasteiger partial charge in [0.1, 0.15) is 34.7 Å². The number of halogens is 1. The predicted octanol–water partition coefficient (Wildman–Crippen LogP) is 8.09. The SMILES string of the molecule is Cc1ccc(-c2ccc(C(=O)NC(Cc3ccc(-c4ccc(-c5ccc(NC(=O)OC(C)(C)C)cc5)o4)c(F)c3)C(=O)O)o2)cc1. The largest absolute Gasteiger partial charge is 0.480 e. The molecule has 2 aromatic heterocycles. The van der Waals surface area contributed by atoms with Crippen LogP contribution in [0.25, 0.3) is 34.0 Å². The van der Waals surface area contributed by atoms with Crippen LogP contribution in [0.5, 0.6) is 0 Å². The summed E-state index contributed by atoms with van der Waals surface area (Å²) in [6.07, 6.45) is -0.724. The molecule has 1 unspecified atom stereocenters. The average molecular weight is 625 g/mol. The van der Waals surface area contributed by atoms with E-state index in [0.29, 0.717) is 28.3 Å². The van der Waals surface area contributed by atoms with Gasteiger partial charge in [0.05, 0.1) is 5.56 Å². The summed E-state index contributed by atoms with van der Waals surface area (Å²) in [5.41, 5.74) is 3.04. The third kappa shape index (κ3) is 7.89. The van der Waals surface area contributed by atoms with Crippen LogP contribution in [-0.4, -0.2) is 34.7 Å². The Labute approximate surface area is 265 Å². The Morgan fingerprint density at radius 2 is 1.43 bits per heavy atom. The van der Waals surface area contributed by atoms with Gasteiger partial charge in [0.15, 0.2) is 5.76 Å². The molecule has 0 radical (unpaired) electrons. The summed E-state index contributed by atoms with van der Waals surface area (Å²) in [4.78, 5) is 36.8. The van der Waals surface area contributed by atoms with Crippen molar-refractivity contribution in [2.24, 2.45) is 0 Å². The van der Waals surface area contributed by atoms with Gasteiger partial charge in [0.25, 0.3) is 5.91 Å². The van der Waals surface area contributed by atoms with Crippen LogP contribution < -0.4 is 10.6 Å². The van der Waals surface area contributed by atoms with Crippen molar-refractivity contribution < 1.29 is 37.5 Å². The molecule has 3 aromatic carbocycles. The molecule has 0 aliphatic rings. The molecule has 5 rings (SSSR count). The quantitative estimate of drug-likeness (QED) is 0.151. The number of ether oxygens (including phenoxy) is 1. The Hall–Kier alpha value is -5.64. The molecule has 46 heavy (non-hydrogen) atoms. The molecule has 236 valence electrons. The summed E-state index contributed by atoms with van der Waals surface area (Å²) < 4.78 is 32.1. The highest BCUT2D eigenvalue weighted by atomic mass is 19.1. The van der Waals surface area contributed by atoms with Gasteiger partial charge >= 0.3 is 12.1 Å². The number of nitrogens with one attached hydrogen (secondary N) is 2. The van der Waals surface area contributed by atoms with Crippen molar-refractivity contribution in [3.63, 3.8) is 0 Å². The molecule has 0 spiro atoms. The molecule has 0 saturated carbocycles. The van der Waals surface area contributed by atoms with Crippen molar-refractivity contribution >= 4 is 23.7 Å². The van der Waals surface area contributed by atoms with Crippen LogP contribution in [-0.2, 0) is 16.0 Å². The fraction of sp³-hybridized carbons (Fsp3) is 0.194. The van der Waals surface area contributed by atoms with E-state index in [1.54, 1.807) is 69.3 Å². The minimum atomic E-state index is -1.33. The van der Waals surface area contributed by atoms with E-state index >= 15 is 4.39 Å². The molecule has 10 heteroatoms. The number of hydrogen-bond acceptors (Lipinski definition) is 6. The number of carboxylic acid groups (broad SMARTS) is 1. The number of aliphatic carboxylic acids is 1. The second-order valence-corrected chi connectivity index (χ2v) is 11.8. The fourth-order valence-electron chi connectivity index (χ4n) is 4.66. The molecule has 2 heterocycles. The minimum absolute atomic E-state index is 0.0362. The summed E-state index contributed by atoms with van der Waals surface area (Å²) in [5.74, 6) is -1.38. The number of amides is 2. The highest BCUT2D eigenvalue weighted by Gasteiger charge is 2.24. The first-order valence-electron chi connectivity index (χ1n) is 14.5. The smallest absolute Gasteiger partial charge is 0.412 e. The number of carboxylic acids is 1. The van der Waals surface area contributed by atoms with Crippen LogP contribution in [0, 0.1) is 12.7 Å². The number of hydrogen-bond donors (Lipinski definition) is 3. The van der Waals surface area contributed by atoms with E-state index in [9.17, 15) is 19.5 Å². The number of carbonyl (C=O) groups is 3. The Morgan fingerprint density at radius 1 is 0.826 bits per heavy atom. The third-order valence-corrected chi connectivity index (χ3v) is 6.93. The molecule has 2 amide bonds. The molecule has 3 N–H and O–H groups in total. The predicted molar refractivity (Wildman–Crippen MR) is 171 cm³/mol. The number of benzene rings is 3. The number of rotatable bonds is 9. The van der Waals surface area contributed by atoms with Crippen molar-refractivity contribution in [1.82, 2.24) is 5.32 Å². The van der Waals surface area contributed by atoms with Gasteiger partial charge < -0.3 is 24.0 Å². The zero-order valence-corrected chi connectivity index (χ0v) is 25.7. The summed E-state index contributed by atoms with van der Waals surface area (Å²) in [6, 6.07) is 23.9. The first kappa shape index (κ1) is 31.8. The topological polar surface area (TPSA) is 131 Å². The van der Waals surface area contributed by atoms with Crippen LogP contribution in [0.3, 0.4) is 0 Å². The molecule has 1 atom stereocenters. The molecule has 0 saturated heterocycles. The lowest BCUT2D eigenvalue weighted by Gasteiger charge is -2.19. The minimum Gasteiger partial charge on any atom is -0.480 e. The molecule has 9 nitrogen and oxygen atoms in total. The number of anilines is 1. The van der Waals surface area contributed by atoms with E-state index in [-0.39, 0.29) is 23.5 Å². The first-order chi connectivity index (χ1) is 21.8. The molecular formula is C36H33FN2O7. The van der Waals surface area contributed by atoms with E-state index in [1.165, 1.54) is 18.2 Å². The lowest BCUT2D eigenvalue weighted by atomic mass is 10.0. The van der Waals surface area contributed by atoms with E-state index in [1.807, 2.05) is 31.2 Å². The molecule has 0 aliphatic heterocycles. The number of aryl methyl sites for hydroxylation is 1. The van der Waals surface area contributed by atoms with Gasteiger partial charge in [-0.15, -0.1) is 0 Å². The van der Waals surface area contributed by atoms with Gasteiger partial charge in [-0.1, -0.05) is 35.9 Å². The van der Waals surface area contributed by atoms with Crippen LogP contribution in [0.4, 0.5) is 14.9 Å². The second kappa shape index (κ2) is 13.2. The summed E-state index contributed by atoms with van der Waals surface area (Å²) in [6.45, 7) is 7.29. The van der Waals surface area contributed by atoms with Crippen molar-refractivity contribution in [2.45, 2.75) is 45.8 Å². The van der Waals surface area contributed by atoms with Gasteiger partial charge in [-0.3, -0.25) is 10.1 Å². The molecule has 0 aliphatic carbocycles. The number of carbonyl (C=O) groups excluding carboxylic acids is 2. The average Bonchev–Trinajstić information content (AvgIpc) is 3.68. The van der Waals surface area contributed by atoms with Crippen molar-refractivity contribution in [2.75, 3.05) is 5.32 Å². The lowest BCUT2D eigenvalue weighted by Crippen LogP contribution is -2.42. The van der Waals surface area contributed by atoms with Gasteiger partial charge in [-0.25, -0.2) is 14.0 Å². The van der Waals surface area contributed by atoms with E-state index in [2.05, 4.69) is 10.6 Å². The lowest BCUT2D eigenvalue weighted by molar-refractivity contribution is -0.139. The highest BCUT2D eigenvalue weighted by molar-refractivity contribution is 5.95. The zero-order valence-electron chi connectivity index (χ0n) is 25.7. The normalized spacial score (nSPS) is 11.9. The Bertz CT molecular complexity index is 1870. The fourth-order valence-corrected chi connectivity index (χ4v) is 4.66. The zero-order chi connectivity index (χ0) is 33.0. The van der Waals surface area contributed by atoms with E-state index < -0.39 is 35.4 Å². The van der Waals surface area contributed by atoms with Crippen LogP contribution in [0.1, 0.15) is 42.5 Å². The van der Waals surface area contributed by atoms with Gasteiger partial charge in [0.2, 0.25) is 0 Å². The van der Waals surface area contributed by atoms with E-state index in [0.717, 1.165) is 11.1 Å². The summed E-state index contributed by atoms with van der Waals surface area (Å²) >= 11 is 0. The van der Waals surface area contributed by atoms with Gasteiger partial charge in [0, 0.05) is 23.2 Å². The van der Waals surface area contributed by atoms with Gasteiger partial charge in [-0.05, 0) is 93.9 Å². The monoisotopic (exact) mass is 624 g/mol. The maximum Gasteiger partial charge on any atom is 0.412 e. The van der Waals surface area contributed by atoms with Crippen LogP contribution in [0.2, 0.25) is 0 Å². The molecule has 0 bridgehead atoms. The number of furan rings is 2. The Kier molecular flexibility index (Phi) is 9.08. The van der Waals surface area contributed by atoms with Crippen molar-refractivity contribution in [3.8, 4) is 34.0 Å². The maximum absolute atomic E-state index is 15.2. The van der Waals surface area contributed by atoms with Gasteiger partial charge in [-0.2, -0.15) is 0 Å². The Balaban J connectivity index is 1.23. The van der Waals surface area contributed by atoms with Crippen molar-refractivity contribution in [3.05, 3.63) is 114 Å². The maximum atomic E-state index is 15.2. The highest BCUT2D eigenvalue weighted by Crippen LogP contribution is 2.31. The first-order valence-corrected chi connectivity index (χ1v) is 14.5. The van der Waals surface area contributed by atoms with Crippen molar-refractivity contribution in [1.29, 1.82) is 0 Å². The second-order valence-electron chi connectivity index (χ2n) is 11.8. The van der Waals surface area contributed by atoms with E-state index in [4.69, 9.17) is 13.6 Å².